The van der Waals surface area contributed by atoms with Crippen molar-refractivity contribution in [1.29, 1.82) is 0 Å². The van der Waals surface area contributed by atoms with Gasteiger partial charge in [0.25, 0.3) is 0 Å². The Bertz CT molecular complexity index is 703. The van der Waals surface area contributed by atoms with Gasteiger partial charge in [-0.15, -0.1) is 25.6 Å². The van der Waals surface area contributed by atoms with Gasteiger partial charge in [-0.1, -0.05) is 0 Å². The molecule has 0 aliphatic carbocycles. The molecule has 138 valence electrons. The van der Waals surface area contributed by atoms with Gasteiger partial charge in [-0.05, 0) is 17.7 Å². The first-order valence-electron chi connectivity index (χ1n) is 7.35. The molecule has 0 bridgehead atoms. The predicted molar refractivity (Wildman–Crippen MR) is 86.7 cm³/mol. The van der Waals surface area contributed by atoms with Crippen LogP contribution in [0.4, 0.5) is 28.9 Å². The Balaban J connectivity index is 0.00000225. The molecule has 1 aromatic carbocycles. The van der Waals surface area contributed by atoms with Crippen molar-refractivity contribution < 1.29 is 27.5 Å². The van der Waals surface area contributed by atoms with Crippen molar-refractivity contribution in [3.8, 4) is 0 Å². The third kappa shape index (κ3) is 3.82. The van der Waals surface area contributed by atoms with E-state index >= 15 is 0 Å². The number of hydrogen-bond acceptors (Lipinski definition) is 4. The van der Waals surface area contributed by atoms with Gasteiger partial charge in [-0.3, -0.25) is 4.90 Å². The molecule has 2 heterocycles. The second kappa shape index (κ2) is 7.09. The highest BCUT2D eigenvalue weighted by Gasteiger charge is 2.41. The van der Waals surface area contributed by atoms with Crippen LogP contribution < -0.4 is 15.1 Å². The molecule has 0 aromatic heterocycles. The van der Waals surface area contributed by atoms with E-state index in [1.165, 1.54) is 0 Å². The lowest BCUT2D eigenvalue weighted by atomic mass is 9.98. The van der Waals surface area contributed by atoms with Gasteiger partial charge in [-0.2, -0.15) is 0 Å². The number of rotatable bonds is 2. The summed E-state index contributed by atoms with van der Waals surface area (Å²) in [7, 11) is 0. The summed E-state index contributed by atoms with van der Waals surface area (Å²) >= 11 is 0. The number of anilines is 2. The topological polar surface area (TPSA) is 55.8 Å². The van der Waals surface area contributed by atoms with E-state index in [0.717, 1.165) is 12.1 Å². The fraction of sp³-hybridized carbons (Fsp3) is 0.400. The number of benzene rings is 1. The molecule has 0 unspecified atom stereocenters. The van der Waals surface area contributed by atoms with E-state index in [1.807, 2.05) is 0 Å². The van der Waals surface area contributed by atoms with Crippen molar-refractivity contribution in [1.82, 2.24) is 5.32 Å². The summed E-state index contributed by atoms with van der Waals surface area (Å²) in [6.07, 6.45) is -4.49. The SMILES string of the molecule is Cl.O=C(O)C1=CN(C(F)(F)F)c2cc(N3CCNCC3)c(F)cc2C1. The van der Waals surface area contributed by atoms with Crippen LogP contribution in [0.25, 0.3) is 0 Å². The van der Waals surface area contributed by atoms with Gasteiger partial charge >= 0.3 is 12.3 Å². The molecule has 10 heteroatoms. The maximum absolute atomic E-state index is 14.4. The van der Waals surface area contributed by atoms with Gasteiger partial charge in [0.05, 0.1) is 16.9 Å². The molecule has 5 nitrogen and oxygen atoms in total. The second-order valence-corrected chi connectivity index (χ2v) is 5.64. The molecule has 2 N–H and O–H groups in total. The molecule has 1 saturated heterocycles. The number of piperazine rings is 1. The molecule has 0 spiro atoms. The van der Waals surface area contributed by atoms with Crippen LogP contribution >= 0.6 is 12.4 Å². The maximum atomic E-state index is 14.4. The van der Waals surface area contributed by atoms with Gasteiger partial charge < -0.3 is 15.3 Å². The zero-order valence-corrected chi connectivity index (χ0v) is 13.8. The van der Waals surface area contributed by atoms with E-state index in [2.05, 4.69) is 5.32 Å². The zero-order chi connectivity index (χ0) is 17.5. The fourth-order valence-corrected chi connectivity index (χ4v) is 2.92. The van der Waals surface area contributed by atoms with E-state index in [4.69, 9.17) is 5.11 Å². The number of fused-ring (bicyclic) bond motifs is 1. The number of carboxylic acids is 1. The molecule has 2 aliphatic heterocycles. The van der Waals surface area contributed by atoms with Crippen molar-refractivity contribution in [3.05, 3.63) is 35.3 Å². The summed E-state index contributed by atoms with van der Waals surface area (Å²) < 4.78 is 54.3. The Morgan fingerprint density at radius 1 is 1.16 bits per heavy atom. The Labute approximate surface area is 147 Å². The average Bonchev–Trinajstić information content (AvgIpc) is 2.52. The van der Waals surface area contributed by atoms with E-state index in [0.29, 0.717) is 32.4 Å². The lowest BCUT2D eigenvalue weighted by Crippen LogP contribution is -2.44. The van der Waals surface area contributed by atoms with Crippen LogP contribution in [0.15, 0.2) is 23.9 Å². The Morgan fingerprint density at radius 2 is 1.80 bits per heavy atom. The van der Waals surface area contributed by atoms with Crippen molar-refractivity contribution in [2.24, 2.45) is 0 Å². The molecule has 0 saturated carbocycles. The van der Waals surface area contributed by atoms with Crippen LogP contribution in [-0.2, 0) is 11.2 Å². The molecule has 0 atom stereocenters. The molecule has 0 amide bonds. The summed E-state index contributed by atoms with van der Waals surface area (Å²) in [6.45, 7) is 2.20. The van der Waals surface area contributed by atoms with Crippen LogP contribution in [0.5, 0.6) is 0 Å². The molecule has 0 radical (unpaired) electrons. The first-order chi connectivity index (χ1) is 11.3. The largest absolute Gasteiger partial charge is 0.488 e. The molecule has 1 aromatic rings. The highest BCUT2D eigenvalue weighted by Crippen LogP contribution is 2.40. The summed E-state index contributed by atoms with van der Waals surface area (Å²) in [5.74, 6) is -2.11. The van der Waals surface area contributed by atoms with Crippen molar-refractivity contribution >= 4 is 29.8 Å². The standard InChI is InChI=1S/C15H15F4N3O2.ClH/c16-11-6-9-5-10(14(23)24)8-22(15(17,18)19)12(9)7-13(11)21-3-1-20-2-4-21;/h6-8,20H,1-5H2,(H,23,24);1H. The smallest absolute Gasteiger partial charge is 0.478 e. The van der Waals surface area contributed by atoms with Crippen molar-refractivity contribution in [2.45, 2.75) is 12.7 Å². The lowest BCUT2D eigenvalue weighted by Gasteiger charge is -2.34. The molecular formula is C15H16ClF4N3O2. The van der Waals surface area contributed by atoms with Gasteiger partial charge in [0.15, 0.2) is 0 Å². The minimum absolute atomic E-state index is 0. The van der Waals surface area contributed by atoms with Crippen molar-refractivity contribution in [2.75, 3.05) is 36.0 Å². The summed E-state index contributed by atoms with van der Waals surface area (Å²) in [6, 6.07) is 2.15. The lowest BCUT2D eigenvalue weighted by molar-refractivity contribution is -0.133. The van der Waals surface area contributed by atoms with Gasteiger partial charge in [0.1, 0.15) is 5.82 Å². The first-order valence-corrected chi connectivity index (χ1v) is 7.35. The monoisotopic (exact) mass is 381 g/mol. The Kier molecular flexibility index (Phi) is 5.48. The van der Waals surface area contributed by atoms with Crippen molar-refractivity contribution in [3.63, 3.8) is 0 Å². The molecule has 25 heavy (non-hydrogen) atoms. The van der Waals surface area contributed by atoms with E-state index in [-0.39, 0.29) is 40.7 Å². The summed E-state index contributed by atoms with van der Waals surface area (Å²) in [5.41, 5.74) is -0.572. The summed E-state index contributed by atoms with van der Waals surface area (Å²) in [4.78, 5) is 12.7. The number of alkyl halides is 3. The van der Waals surface area contributed by atoms with Crippen LogP contribution in [0, 0.1) is 5.82 Å². The Hall–Kier alpha value is -2.00. The first kappa shape index (κ1) is 19.3. The number of aliphatic carboxylic acids is 1. The maximum Gasteiger partial charge on any atom is 0.488 e. The minimum Gasteiger partial charge on any atom is -0.478 e. The third-order valence-electron chi connectivity index (χ3n) is 4.08. The molecular weight excluding hydrogens is 366 g/mol. The second-order valence-electron chi connectivity index (χ2n) is 5.64. The average molecular weight is 382 g/mol. The number of hydrogen-bond donors (Lipinski definition) is 2. The van der Waals surface area contributed by atoms with Crippen LogP contribution in [0.2, 0.25) is 0 Å². The van der Waals surface area contributed by atoms with Gasteiger partial charge in [0.2, 0.25) is 0 Å². The van der Waals surface area contributed by atoms with E-state index < -0.39 is 23.7 Å². The zero-order valence-electron chi connectivity index (χ0n) is 12.9. The van der Waals surface area contributed by atoms with Crippen LogP contribution in [-0.4, -0.2) is 43.6 Å². The Morgan fingerprint density at radius 3 is 2.36 bits per heavy atom. The summed E-state index contributed by atoms with van der Waals surface area (Å²) in [5, 5.41) is 12.1. The highest BCUT2D eigenvalue weighted by molar-refractivity contribution is 5.89. The quantitative estimate of drug-likeness (QED) is 0.609. The minimum atomic E-state index is -4.80. The third-order valence-corrected chi connectivity index (χ3v) is 4.08. The van der Waals surface area contributed by atoms with Gasteiger partial charge in [0, 0.05) is 38.8 Å². The normalized spacial score (nSPS) is 17.5. The molecule has 3 rings (SSSR count). The van der Waals surface area contributed by atoms with E-state index in [9.17, 15) is 22.4 Å². The number of halogens is 5. The highest BCUT2D eigenvalue weighted by atomic mass is 35.5. The number of nitrogens with one attached hydrogen (secondary N) is 1. The van der Waals surface area contributed by atoms with Crippen LogP contribution in [0.3, 0.4) is 0 Å². The molecule has 2 aliphatic rings. The van der Waals surface area contributed by atoms with Crippen LogP contribution in [0.1, 0.15) is 5.56 Å². The molecule has 1 fully saturated rings. The number of carboxylic acid groups (broad SMARTS) is 1. The van der Waals surface area contributed by atoms with E-state index in [1.54, 1.807) is 4.90 Å². The van der Waals surface area contributed by atoms with Gasteiger partial charge in [-0.25, -0.2) is 9.18 Å². The predicted octanol–water partition coefficient (Wildman–Crippen LogP) is 2.51. The number of carbonyl (C=O) groups is 1. The fourth-order valence-electron chi connectivity index (χ4n) is 2.92. The number of nitrogens with zero attached hydrogens (tertiary/aromatic N) is 2.